The lowest BCUT2D eigenvalue weighted by molar-refractivity contribution is 0.275. The fourth-order valence-electron chi connectivity index (χ4n) is 0.385. The molecular weight excluding hydrogens is 207 g/mol. The van der Waals surface area contributed by atoms with Gasteiger partial charge >= 0.3 is 7.82 Å². The van der Waals surface area contributed by atoms with Crippen LogP contribution < -0.4 is 0 Å². The molecular formula is C8H15O5P. The van der Waals surface area contributed by atoms with Crippen molar-refractivity contribution < 1.29 is 24.4 Å². The van der Waals surface area contributed by atoms with Crippen molar-refractivity contribution in [3.05, 3.63) is 36.4 Å². The Morgan fingerprint density at radius 3 is 1.07 bits per heavy atom. The van der Waals surface area contributed by atoms with Gasteiger partial charge in [-0.05, 0) is 6.92 Å². The first-order valence-corrected chi connectivity index (χ1v) is 5.37. The monoisotopic (exact) mass is 222 g/mol. The third-order valence-corrected chi connectivity index (χ3v) is 0.667. The molecule has 1 rings (SSSR count). The number of hydrogen-bond donors (Lipinski definition) is 4. The van der Waals surface area contributed by atoms with E-state index < -0.39 is 7.82 Å². The summed E-state index contributed by atoms with van der Waals surface area (Å²) in [5.74, 6) is 0. The lowest BCUT2D eigenvalue weighted by atomic mass is 10.4. The van der Waals surface area contributed by atoms with Crippen LogP contribution in [-0.4, -0.2) is 26.4 Å². The van der Waals surface area contributed by atoms with Crippen LogP contribution in [0.3, 0.4) is 0 Å². The summed E-state index contributed by atoms with van der Waals surface area (Å²) in [5.41, 5.74) is 0. The van der Waals surface area contributed by atoms with Crippen molar-refractivity contribution in [2.45, 2.75) is 6.92 Å². The topological polar surface area (TPSA) is 98.0 Å². The molecule has 6 heteroatoms. The van der Waals surface area contributed by atoms with Crippen molar-refractivity contribution in [3.8, 4) is 0 Å². The number of aliphatic hydroxyl groups excluding tert-OH is 1. The van der Waals surface area contributed by atoms with E-state index in [1.54, 1.807) is 6.92 Å². The number of phosphoric acid groups is 1. The summed E-state index contributed by atoms with van der Waals surface area (Å²) in [5, 5.41) is 7.57. The Labute approximate surface area is 82.9 Å². The van der Waals surface area contributed by atoms with Gasteiger partial charge in [0.1, 0.15) is 0 Å². The molecule has 1 aromatic rings. The molecule has 0 aliphatic carbocycles. The van der Waals surface area contributed by atoms with Crippen molar-refractivity contribution in [1.82, 2.24) is 0 Å². The summed E-state index contributed by atoms with van der Waals surface area (Å²) in [6.07, 6.45) is 0. The Morgan fingerprint density at radius 2 is 1.00 bits per heavy atom. The smallest absolute Gasteiger partial charge is 0.397 e. The minimum absolute atomic E-state index is 0.250. The molecule has 0 atom stereocenters. The maximum absolute atomic E-state index is 8.88. The van der Waals surface area contributed by atoms with Crippen LogP contribution in [-0.2, 0) is 4.57 Å². The van der Waals surface area contributed by atoms with Crippen LogP contribution in [0.2, 0.25) is 0 Å². The molecule has 0 fully saturated rings. The zero-order chi connectivity index (χ0) is 11.4. The van der Waals surface area contributed by atoms with Gasteiger partial charge in [-0.1, -0.05) is 36.4 Å². The van der Waals surface area contributed by atoms with Gasteiger partial charge in [-0.2, -0.15) is 0 Å². The van der Waals surface area contributed by atoms with Crippen LogP contribution in [0.1, 0.15) is 6.92 Å². The maximum atomic E-state index is 8.88. The average Bonchev–Trinajstić information content (AvgIpc) is 2.06. The summed E-state index contributed by atoms with van der Waals surface area (Å²) in [6.45, 7) is 1.93. The van der Waals surface area contributed by atoms with E-state index in [9.17, 15) is 0 Å². The molecule has 0 unspecified atom stereocenters. The quantitative estimate of drug-likeness (QED) is 0.486. The number of rotatable bonds is 0. The predicted octanol–water partition coefficient (Wildman–Crippen LogP) is 0.757. The molecule has 0 spiro atoms. The first-order valence-electron chi connectivity index (χ1n) is 3.81. The van der Waals surface area contributed by atoms with Gasteiger partial charge in [0, 0.05) is 6.61 Å². The molecule has 5 nitrogen and oxygen atoms in total. The van der Waals surface area contributed by atoms with Gasteiger partial charge in [-0.25, -0.2) is 4.57 Å². The van der Waals surface area contributed by atoms with Crippen molar-refractivity contribution >= 4 is 7.82 Å². The van der Waals surface area contributed by atoms with Crippen LogP contribution in [0.4, 0.5) is 0 Å². The molecule has 0 aliphatic heterocycles. The van der Waals surface area contributed by atoms with Gasteiger partial charge in [-0.15, -0.1) is 0 Å². The third kappa shape index (κ3) is 42.7. The minimum Gasteiger partial charge on any atom is -0.397 e. The van der Waals surface area contributed by atoms with E-state index in [2.05, 4.69) is 0 Å². The van der Waals surface area contributed by atoms with E-state index in [0.29, 0.717) is 0 Å². The SMILES string of the molecule is CCO.O=P(O)(O)O.c1ccccc1. The largest absolute Gasteiger partial charge is 0.466 e. The zero-order valence-corrected chi connectivity index (χ0v) is 8.71. The van der Waals surface area contributed by atoms with Gasteiger partial charge in [0.15, 0.2) is 0 Å². The van der Waals surface area contributed by atoms with Crippen molar-refractivity contribution in [3.63, 3.8) is 0 Å². The highest BCUT2D eigenvalue weighted by Crippen LogP contribution is 2.25. The Hall–Kier alpha value is -0.710. The Balaban J connectivity index is 0. The van der Waals surface area contributed by atoms with E-state index in [-0.39, 0.29) is 6.61 Å². The molecule has 0 heterocycles. The second kappa shape index (κ2) is 10.4. The first-order chi connectivity index (χ1) is 6.41. The van der Waals surface area contributed by atoms with Gasteiger partial charge in [-0.3, -0.25) is 0 Å². The van der Waals surface area contributed by atoms with Crippen LogP contribution in [0.5, 0.6) is 0 Å². The molecule has 1 aromatic carbocycles. The summed E-state index contributed by atoms with van der Waals surface area (Å²) < 4.78 is 8.88. The summed E-state index contributed by atoms with van der Waals surface area (Å²) in [4.78, 5) is 21.6. The molecule has 0 radical (unpaired) electrons. The van der Waals surface area contributed by atoms with E-state index in [1.165, 1.54) is 0 Å². The van der Waals surface area contributed by atoms with E-state index >= 15 is 0 Å². The zero-order valence-electron chi connectivity index (χ0n) is 7.82. The van der Waals surface area contributed by atoms with Crippen LogP contribution in [0.15, 0.2) is 36.4 Å². The number of benzene rings is 1. The Kier molecular flexibility index (Phi) is 11.7. The Bertz CT molecular complexity index is 198. The third-order valence-electron chi connectivity index (χ3n) is 0.667. The van der Waals surface area contributed by atoms with E-state index in [4.69, 9.17) is 24.4 Å². The van der Waals surface area contributed by atoms with Gasteiger partial charge in [0.05, 0.1) is 0 Å². The predicted molar refractivity (Wildman–Crippen MR) is 53.5 cm³/mol. The van der Waals surface area contributed by atoms with Gasteiger partial charge < -0.3 is 19.8 Å². The molecule has 0 aromatic heterocycles. The summed E-state index contributed by atoms with van der Waals surface area (Å²) in [7, 11) is -4.64. The number of hydrogen-bond acceptors (Lipinski definition) is 2. The summed E-state index contributed by atoms with van der Waals surface area (Å²) in [6, 6.07) is 12.0. The molecule has 14 heavy (non-hydrogen) atoms. The molecule has 0 bridgehead atoms. The molecule has 0 saturated carbocycles. The van der Waals surface area contributed by atoms with Crippen molar-refractivity contribution in [1.29, 1.82) is 0 Å². The number of aliphatic hydroxyl groups is 1. The summed E-state index contributed by atoms with van der Waals surface area (Å²) >= 11 is 0. The van der Waals surface area contributed by atoms with Crippen LogP contribution in [0.25, 0.3) is 0 Å². The fourth-order valence-corrected chi connectivity index (χ4v) is 0.385. The lowest BCUT2D eigenvalue weighted by Gasteiger charge is -1.82. The second-order valence-corrected chi connectivity index (χ2v) is 3.01. The highest BCUT2D eigenvalue weighted by Gasteiger charge is 2.00. The van der Waals surface area contributed by atoms with Crippen molar-refractivity contribution in [2.75, 3.05) is 6.61 Å². The average molecular weight is 222 g/mol. The maximum Gasteiger partial charge on any atom is 0.466 e. The van der Waals surface area contributed by atoms with E-state index in [0.717, 1.165) is 0 Å². The highest BCUT2D eigenvalue weighted by atomic mass is 31.2. The van der Waals surface area contributed by atoms with Crippen LogP contribution in [0, 0.1) is 0 Å². The molecule has 0 amide bonds. The van der Waals surface area contributed by atoms with Gasteiger partial charge in [0.25, 0.3) is 0 Å². The van der Waals surface area contributed by atoms with Crippen LogP contribution >= 0.6 is 7.82 Å². The minimum atomic E-state index is -4.64. The van der Waals surface area contributed by atoms with Gasteiger partial charge in [0.2, 0.25) is 0 Å². The van der Waals surface area contributed by atoms with Crippen molar-refractivity contribution in [2.24, 2.45) is 0 Å². The molecule has 0 aliphatic rings. The lowest BCUT2D eigenvalue weighted by Crippen LogP contribution is -1.66. The fraction of sp³-hybridized carbons (Fsp3) is 0.250. The second-order valence-electron chi connectivity index (χ2n) is 1.98. The van der Waals surface area contributed by atoms with E-state index in [1.807, 2.05) is 36.4 Å². The highest BCUT2D eigenvalue weighted by molar-refractivity contribution is 7.45. The normalized spacial score (nSPS) is 8.93. The molecule has 0 saturated heterocycles. The standard InChI is InChI=1S/C6H6.C2H6O.H3O4P/c1-2-4-6-5-3-1;1-2-3;1-5(2,3)4/h1-6H;3H,2H2,1H3;(H3,1,2,3,4). The Morgan fingerprint density at radius 1 is 0.929 bits per heavy atom. The molecule has 4 N–H and O–H groups in total. The first kappa shape index (κ1) is 15.7. The molecule has 82 valence electrons.